The predicted molar refractivity (Wildman–Crippen MR) is 82.6 cm³/mol. The van der Waals surface area contributed by atoms with Gasteiger partial charge in [0.25, 0.3) is 10.0 Å². The van der Waals surface area contributed by atoms with Gasteiger partial charge >= 0.3 is 5.97 Å². The fourth-order valence-electron chi connectivity index (χ4n) is 1.61. The lowest BCUT2D eigenvalue weighted by atomic mass is 10.2. The first-order valence-electron chi connectivity index (χ1n) is 6.12. The Morgan fingerprint density at radius 3 is 2.81 bits per heavy atom. The van der Waals surface area contributed by atoms with Crippen LogP contribution in [0.2, 0.25) is 0 Å². The lowest BCUT2D eigenvalue weighted by molar-refractivity contribution is -0.137. The number of nitrogens with zero attached hydrogens (tertiary/aromatic N) is 1. The standard InChI is InChI=1S/C12H14N2O4S3/c1-8-5-6-11(20-8)21(17,18)14-12-13-9(7-19-12)3-2-4-10(15)16/h5-7H,2-4H2,1H3,(H,13,14)(H,15,16). The van der Waals surface area contributed by atoms with Gasteiger partial charge < -0.3 is 5.11 Å². The molecule has 2 heterocycles. The molecule has 0 saturated heterocycles. The number of aromatic nitrogens is 1. The Morgan fingerprint density at radius 2 is 2.19 bits per heavy atom. The Bertz CT molecular complexity index is 733. The molecule has 0 radical (unpaired) electrons. The molecule has 0 aromatic carbocycles. The van der Waals surface area contributed by atoms with E-state index < -0.39 is 16.0 Å². The Hall–Kier alpha value is -1.45. The normalized spacial score (nSPS) is 11.5. The zero-order chi connectivity index (χ0) is 15.5. The molecule has 2 N–H and O–H groups in total. The number of carboxylic acid groups (broad SMARTS) is 1. The zero-order valence-electron chi connectivity index (χ0n) is 11.2. The average Bonchev–Trinajstić information content (AvgIpc) is 2.98. The second-order valence-electron chi connectivity index (χ2n) is 4.36. The smallest absolute Gasteiger partial charge is 0.303 e. The summed E-state index contributed by atoms with van der Waals surface area (Å²) in [4.78, 5) is 15.5. The van der Waals surface area contributed by atoms with Crippen LogP contribution in [0, 0.1) is 6.92 Å². The molecule has 2 rings (SSSR count). The van der Waals surface area contributed by atoms with Gasteiger partial charge in [-0.3, -0.25) is 9.52 Å². The van der Waals surface area contributed by atoms with E-state index in [9.17, 15) is 13.2 Å². The van der Waals surface area contributed by atoms with Crippen LogP contribution in [-0.4, -0.2) is 24.5 Å². The van der Waals surface area contributed by atoms with Gasteiger partial charge in [0.15, 0.2) is 5.13 Å². The number of carboxylic acids is 1. The van der Waals surface area contributed by atoms with Gasteiger partial charge in [0.05, 0.1) is 5.69 Å². The number of aryl methyl sites for hydroxylation is 2. The van der Waals surface area contributed by atoms with Gasteiger partial charge in [-0.2, -0.15) is 0 Å². The van der Waals surface area contributed by atoms with E-state index in [0.717, 1.165) is 4.88 Å². The van der Waals surface area contributed by atoms with Crippen LogP contribution in [-0.2, 0) is 21.2 Å². The second-order valence-corrected chi connectivity index (χ2v) is 8.42. The maximum atomic E-state index is 12.1. The highest BCUT2D eigenvalue weighted by molar-refractivity contribution is 7.94. The van der Waals surface area contributed by atoms with Crippen LogP contribution in [0.15, 0.2) is 21.7 Å². The van der Waals surface area contributed by atoms with E-state index >= 15 is 0 Å². The third-order valence-electron chi connectivity index (χ3n) is 2.58. The molecule has 0 aliphatic carbocycles. The maximum Gasteiger partial charge on any atom is 0.303 e. The van der Waals surface area contributed by atoms with Crippen molar-refractivity contribution in [1.82, 2.24) is 4.98 Å². The molecule has 0 aliphatic heterocycles. The number of nitrogens with one attached hydrogen (secondary N) is 1. The Balaban J connectivity index is 2.00. The number of thiophene rings is 1. The third kappa shape index (κ3) is 4.51. The van der Waals surface area contributed by atoms with Crippen molar-refractivity contribution in [3.05, 3.63) is 28.1 Å². The Labute approximate surface area is 130 Å². The molecule has 9 heteroatoms. The summed E-state index contributed by atoms with van der Waals surface area (Å²) in [7, 11) is -3.59. The van der Waals surface area contributed by atoms with Gasteiger partial charge in [-0.1, -0.05) is 0 Å². The summed E-state index contributed by atoms with van der Waals surface area (Å²) in [6.45, 7) is 1.84. The topological polar surface area (TPSA) is 96.4 Å². The molecule has 2 aromatic heterocycles. The largest absolute Gasteiger partial charge is 0.481 e. The first-order valence-corrected chi connectivity index (χ1v) is 9.30. The summed E-state index contributed by atoms with van der Waals surface area (Å²) < 4.78 is 26.9. The number of sulfonamides is 1. The van der Waals surface area contributed by atoms with Crippen LogP contribution < -0.4 is 4.72 Å². The van der Waals surface area contributed by atoms with Gasteiger partial charge in [-0.05, 0) is 31.9 Å². The molecule has 114 valence electrons. The molecule has 0 amide bonds. The van der Waals surface area contributed by atoms with E-state index in [-0.39, 0.29) is 10.6 Å². The van der Waals surface area contributed by atoms with Gasteiger partial charge in [0, 0.05) is 16.7 Å². The zero-order valence-corrected chi connectivity index (χ0v) is 13.6. The highest BCUT2D eigenvalue weighted by atomic mass is 32.2. The number of hydrogen-bond donors (Lipinski definition) is 2. The van der Waals surface area contributed by atoms with E-state index in [0.29, 0.717) is 23.7 Å². The van der Waals surface area contributed by atoms with Crippen molar-refractivity contribution in [1.29, 1.82) is 0 Å². The van der Waals surface area contributed by atoms with E-state index in [1.807, 2.05) is 6.92 Å². The molecule has 21 heavy (non-hydrogen) atoms. The molecule has 6 nitrogen and oxygen atoms in total. The van der Waals surface area contributed by atoms with Crippen molar-refractivity contribution in [3.8, 4) is 0 Å². The molecular formula is C12H14N2O4S3. The van der Waals surface area contributed by atoms with E-state index in [1.165, 1.54) is 22.7 Å². The van der Waals surface area contributed by atoms with Crippen LogP contribution in [0.25, 0.3) is 0 Å². The lowest BCUT2D eigenvalue weighted by Gasteiger charge is -2.01. The van der Waals surface area contributed by atoms with Crippen LogP contribution in [0.3, 0.4) is 0 Å². The maximum absolute atomic E-state index is 12.1. The highest BCUT2D eigenvalue weighted by Gasteiger charge is 2.18. The van der Waals surface area contributed by atoms with Crippen molar-refractivity contribution >= 4 is 43.8 Å². The fraction of sp³-hybridized carbons (Fsp3) is 0.333. The highest BCUT2D eigenvalue weighted by Crippen LogP contribution is 2.25. The minimum atomic E-state index is -3.59. The first kappa shape index (κ1) is 15.9. The average molecular weight is 346 g/mol. The molecule has 2 aromatic rings. The van der Waals surface area contributed by atoms with Crippen LogP contribution >= 0.6 is 22.7 Å². The molecule has 0 unspecified atom stereocenters. The van der Waals surface area contributed by atoms with E-state index in [1.54, 1.807) is 17.5 Å². The van der Waals surface area contributed by atoms with E-state index in [2.05, 4.69) is 9.71 Å². The number of anilines is 1. The van der Waals surface area contributed by atoms with E-state index in [4.69, 9.17) is 5.11 Å². The summed E-state index contributed by atoms with van der Waals surface area (Å²) in [6.07, 6.45) is 1.07. The molecule has 0 atom stereocenters. The SMILES string of the molecule is Cc1ccc(S(=O)(=O)Nc2nc(CCCC(=O)O)cs2)s1. The van der Waals surface area contributed by atoms with Crippen molar-refractivity contribution < 1.29 is 18.3 Å². The lowest BCUT2D eigenvalue weighted by Crippen LogP contribution is -2.11. The fourth-order valence-corrected chi connectivity index (χ4v) is 4.89. The Kier molecular flexibility index (Phi) is 4.96. The van der Waals surface area contributed by atoms with Gasteiger partial charge in [0.1, 0.15) is 4.21 Å². The third-order valence-corrected chi connectivity index (χ3v) is 6.34. The summed E-state index contributed by atoms with van der Waals surface area (Å²) in [5, 5.41) is 10.6. The number of rotatable bonds is 7. The second kappa shape index (κ2) is 6.54. The Morgan fingerprint density at radius 1 is 1.43 bits per heavy atom. The van der Waals surface area contributed by atoms with Crippen molar-refractivity contribution in [2.24, 2.45) is 0 Å². The minimum Gasteiger partial charge on any atom is -0.481 e. The van der Waals surface area contributed by atoms with Crippen molar-refractivity contribution in [2.45, 2.75) is 30.4 Å². The number of hydrogen-bond acceptors (Lipinski definition) is 6. The summed E-state index contributed by atoms with van der Waals surface area (Å²) in [5.41, 5.74) is 0.696. The van der Waals surface area contributed by atoms with Gasteiger partial charge in [-0.15, -0.1) is 22.7 Å². The summed E-state index contributed by atoms with van der Waals surface area (Å²) >= 11 is 2.39. The summed E-state index contributed by atoms with van der Waals surface area (Å²) in [6, 6.07) is 3.31. The number of carbonyl (C=O) groups is 1. The first-order chi connectivity index (χ1) is 9.87. The van der Waals surface area contributed by atoms with Gasteiger partial charge in [0.2, 0.25) is 0 Å². The van der Waals surface area contributed by atoms with Crippen molar-refractivity contribution in [2.75, 3.05) is 4.72 Å². The summed E-state index contributed by atoms with van der Waals surface area (Å²) in [5.74, 6) is -0.848. The molecule has 0 saturated carbocycles. The van der Waals surface area contributed by atoms with Crippen LogP contribution in [0.5, 0.6) is 0 Å². The van der Waals surface area contributed by atoms with Crippen LogP contribution in [0.1, 0.15) is 23.4 Å². The number of aliphatic carboxylic acids is 1. The predicted octanol–water partition coefficient (Wildman–Crippen LogP) is 2.72. The molecule has 0 fully saturated rings. The molecule has 0 aliphatic rings. The molecular weight excluding hydrogens is 332 g/mol. The number of thiazole rings is 1. The van der Waals surface area contributed by atoms with Gasteiger partial charge in [-0.25, -0.2) is 13.4 Å². The quantitative estimate of drug-likeness (QED) is 0.803. The monoisotopic (exact) mass is 346 g/mol. The minimum absolute atomic E-state index is 0.0764. The molecule has 0 spiro atoms. The van der Waals surface area contributed by atoms with Crippen molar-refractivity contribution in [3.63, 3.8) is 0 Å². The van der Waals surface area contributed by atoms with Crippen LogP contribution in [0.4, 0.5) is 5.13 Å². The molecule has 0 bridgehead atoms.